The molecule has 3 heterocycles. The average molecular weight is 275 g/mol. The number of rotatable bonds is 2. The maximum absolute atomic E-state index is 5.76. The van der Waals surface area contributed by atoms with Crippen molar-refractivity contribution in [3.05, 3.63) is 30.4 Å². The molecule has 0 spiro atoms. The molecule has 1 saturated heterocycles. The number of anilines is 1. The fourth-order valence-electron chi connectivity index (χ4n) is 2.88. The Morgan fingerprint density at radius 1 is 1.15 bits per heavy atom. The lowest BCUT2D eigenvalue weighted by Gasteiger charge is -2.36. The van der Waals surface area contributed by atoms with Gasteiger partial charge in [-0.15, -0.1) is 0 Å². The first kappa shape index (κ1) is 13.4. The van der Waals surface area contributed by atoms with E-state index in [2.05, 4.69) is 30.7 Å². The lowest BCUT2D eigenvalue weighted by molar-refractivity contribution is -0.00549. The second-order valence-electron chi connectivity index (χ2n) is 5.66. The molecular weight excluding hydrogens is 254 g/mol. The first-order valence-corrected chi connectivity index (χ1v) is 7.18. The van der Waals surface area contributed by atoms with Gasteiger partial charge in [0.2, 0.25) is 0 Å². The van der Waals surface area contributed by atoms with Gasteiger partial charge in [-0.2, -0.15) is 0 Å². The number of nitrogens with zero attached hydrogens (tertiary/aromatic N) is 3. The van der Waals surface area contributed by atoms with E-state index in [9.17, 15) is 0 Å². The van der Waals surface area contributed by atoms with Crippen LogP contribution in [0.3, 0.4) is 0 Å². The van der Waals surface area contributed by atoms with Crippen molar-refractivity contribution in [1.29, 1.82) is 0 Å². The fraction of sp³-hybridized carbons (Fsp3) is 0.600. The van der Waals surface area contributed by atoms with Gasteiger partial charge in [-0.1, -0.05) is 0 Å². The van der Waals surface area contributed by atoms with E-state index in [1.54, 1.807) is 6.26 Å². The summed E-state index contributed by atoms with van der Waals surface area (Å²) in [6.07, 6.45) is 8.03. The monoisotopic (exact) mass is 275 g/mol. The van der Waals surface area contributed by atoms with Crippen molar-refractivity contribution in [3.63, 3.8) is 0 Å². The molecule has 3 rings (SSSR count). The first-order valence-electron chi connectivity index (χ1n) is 7.18. The Morgan fingerprint density at radius 2 is 1.90 bits per heavy atom. The summed E-state index contributed by atoms with van der Waals surface area (Å²) in [6, 6.07) is 0. The molecule has 1 fully saturated rings. The minimum absolute atomic E-state index is 0.127. The van der Waals surface area contributed by atoms with Gasteiger partial charge in [-0.3, -0.25) is 4.98 Å². The molecule has 0 aliphatic carbocycles. The van der Waals surface area contributed by atoms with E-state index in [4.69, 9.17) is 14.5 Å². The third kappa shape index (κ3) is 2.63. The summed E-state index contributed by atoms with van der Waals surface area (Å²) in [5, 5.41) is 0. The van der Waals surface area contributed by atoms with Crippen molar-refractivity contribution in [2.75, 3.05) is 18.0 Å². The van der Waals surface area contributed by atoms with E-state index in [1.165, 1.54) is 0 Å². The van der Waals surface area contributed by atoms with Crippen molar-refractivity contribution in [3.8, 4) is 0 Å². The molecule has 5 heteroatoms. The molecule has 0 saturated carbocycles. The first-order chi connectivity index (χ1) is 9.63. The van der Waals surface area contributed by atoms with Gasteiger partial charge < -0.3 is 14.4 Å². The van der Waals surface area contributed by atoms with Crippen LogP contribution < -0.4 is 4.90 Å². The van der Waals surface area contributed by atoms with Crippen LogP contribution in [0.4, 0.5) is 5.82 Å². The minimum Gasteiger partial charge on any atom is -0.498 e. The third-order valence-electron chi connectivity index (χ3n) is 3.81. The molecule has 0 amide bonds. The van der Waals surface area contributed by atoms with Gasteiger partial charge >= 0.3 is 0 Å². The number of morpholine rings is 1. The molecule has 2 unspecified atom stereocenters. The summed E-state index contributed by atoms with van der Waals surface area (Å²) in [5.41, 5.74) is 0.968. The summed E-state index contributed by atoms with van der Waals surface area (Å²) in [7, 11) is 0. The highest BCUT2D eigenvalue weighted by Gasteiger charge is 2.26. The van der Waals surface area contributed by atoms with E-state index in [0.717, 1.165) is 24.6 Å². The predicted octanol–water partition coefficient (Wildman–Crippen LogP) is 2.11. The van der Waals surface area contributed by atoms with Gasteiger partial charge in [0, 0.05) is 19.3 Å². The molecule has 0 bridgehead atoms. The predicted molar refractivity (Wildman–Crippen MR) is 76.7 cm³/mol. The van der Waals surface area contributed by atoms with E-state index in [1.807, 2.05) is 18.5 Å². The van der Waals surface area contributed by atoms with E-state index < -0.39 is 0 Å². The highest BCUT2D eigenvalue weighted by atomic mass is 16.5. The third-order valence-corrected chi connectivity index (χ3v) is 3.81. The summed E-state index contributed by atoms with van der Waals surface area (Å²) in [4.78, 5) is 11.4. The summed E-state index contributed by atoms with van der Waals surface area (Å²) >= 11 is 0. The van der Waals surface area contributed by atoms with Gasteiger partial charge in [0.1, 0.15) is 11.9 Å². The van der Waals surface area contributed by atoms with Crippen LogP contribution in [0.5, 0.6) is 0 Å². The van der Waals surface area contributed by atoms with Crippen molar-refractivity contribution in [1.82, 2.24) is 9.97 Å². The van der Waals surface area contributed by atoms with Crippen LogP contribution >= 0.6 is 0 Å². The Bertz CT molecular complexity index is 496. The quantitative estimate of drug-likeness (QED) is 0.827. The second kappa shape index (κ2) is 5.40. The average Bonchev–Trinajstić information content (AvgIpc) is 2.84. The van der Waals surface area contributed by atoms with Crippen LogP contribution in [0.25, 0.3) is 0 Å². The normalized spacial score (nSPS) is 33.2. The molecule has 1 aromatic heterocycles. The van der Waals surface area contributed by atoms with Crippen molar-refractivity contribution >= 4 is 5.82 Å². The maximum Gasteiger partial charge on any atom is 0.147 e. The standard InChI is InChI=1S/C15H21N3O2/c1-10-8-18(9-11(2)20-10)15-7-16-6-14(17-15)13-4-5-19-12(13)3/h4-7,10-13H,8-9H2,1-3H3/t10-,11+,12?,13?. The maximum atomic E-state index is 5.76. The Balaban J connectivity index is 1.82. The molecule has 0 radical (unpaired) electrons. The number of hydrogen-bond donors (Lipinski definition) is 0. The Kier molecular flexibility index (Phi) is 3.61. The molecule has 20 heavy (non-hydrogen) atoms. The zero-order valence-corrected chi connectivity index (χ0v) is 12.2. The molecule has 2 aliphatic rings. The van der Waals surface area contributed by atoms with Gasteiger partial charge in [-0.25, -0.2) is 4.98 Å². The molecule has 5 nitrogen and oxygen atoms in total. The Hall–Kier alpha value is -1.62. The van der Waals surface area contributed by atoms with Crippen LogP contribution in [-0.4, -0.2) is 41.4 Å². The van der Waals surface area contributed by atoms with Crippen LogP contribution in [0, 0.1) is 0 Å². The highest BCUT2D eigenvalue weighted by Crippen LogP contribution is 2.28. The van der Waals surface area contributed by atoms with Gasteiger partial charge in [0.05, 0.1) is 36.3 Å². The SMILES string of the molecule is CC1OC=CC1c1cncc(N2C[C@@H](C)O[C@@H](C)C2)n1. The molecule has 108 valence electrons. The summed E-state index contributed by atoms with van der Waals surface area (Å²) in [5.74, 6) is 1.12. The number of hydrogen-bond acceptors (Lipinski definition) is 5. The van der Waals surface area contributed by atoms with Crippen LogP contribution in [-0.2, 0) is 9.47 Å². The van der Waals surface area contributed by atoms with Crippen LogP contribution in [0.1, 0.15) is 32.4 Å². The van der Waals surface area contributed by atoms with Crippen molar-refractivity contribution in [2.45, 2.75) is 45.0 Å². The molecule has 0 N–H and O–H groups in total. The van der Waals surface area contributed by atoms with E-state index >= 15 is 0 Å². The fourth-order valence-corrected chi connectivity index (χ4v) is 2.88. The lowest BCUT2D eigenvalue weighted by Crippen LogP contribution is -2.46. The van der Waals surface area contributed by atoms with Crippen LogP contribution in [0.2, 0.25) is 0 Å². The van der Waals surface area contributed by atoms with Gasteiger partial charge in [0.25, 0.3) is 0 Å². The van der Waals surface area contributed by atoms with E-state index in [-0.39, 0.29) is 24.2 Å². The minimum atomic E-state index is 0.127. The number of aromatic nitrogens is 2. The Labute approximate surface area is 119 Å². The molecule has 4 atom stereocenters. The van der Waals surface area contributed by atoms with Crippen molar-refractivity contribution < 1.29 is 9.47 Å². The zero-order valence-electron chi connectivity index (χ0n) is 12.2. The van der Waals surface area contributed by atoms with E-state index in [0.29, 0.717) is 0 Å². The smallest absolute Gasteiger partial charge is 0.147 e. The highest BCUT2D eigenvalue weighted by molar-refractivity contribution is 5.38. The van der Waals surface area contributed by atoms with Gasteiger partial charge in [-0.05, 0) is 26.8 Å². The zero-order chi connectivity index (χ0) is 14.1. The molecular formula is C15H21N3O2. The topological polar surface area (TPSA) is 47.5 Å². The largest absolute Gasteiger partial charge is 0.498 e. The molecule has 2 aliphatic heterocycles. The Morgan fingerprint density at radius 3 is 2.55 bits per heavy atom. The van der Waals surface area contributed by atoms with Crippen LogP contribution in [0.15, 0.2) is 24.7 Å². The molecule has 1 aromatic rings. The lowest BCUT2D eigenvalue weighted by atomic mass is 10.0. The number of ether oxygens (including phenoxy) is 2. The second-order valence-corrected chi connectivity index (χ2v) is 5.66. The van der Waals surface area contributed by atoms with Crippen molar-refractivity contribution in [2.24, 2.45) is 0 Å². The molecule has 0 aromatic carbocycles. The van der Waals surface area contributed by atoms with Gasteiger partial charge in [0.15, 0.2) is 0 Å². The summed E-state index contributed by atoms with van der Waals surface area (Å²) < 4.78 is 11.2. The summed E-state index contributed by atoms with van der Waals surface area (Å²) in [6.45, 7) is 7.95.